The molecule has 27 heavy (non-hydrogen) atoms. The Morgan fingerprint density at radius 2 is 1.41 bits per heavy atom. The standard InChI is InChI=1S/C25H42O2/c1-4-6-8-10-11-13-15-17-24(26)23-20-22(18-19-25(23)27)21(3)16-14-12-9-7-5-2/h18-21,27H,4-17H2,1-3H3. The van der Waals surface area contributed by atoms with E-state index in [0.717, 1.165) is 19.3 Å². The summed E-state index contributed by atoms with van der Waals surface area (Å²) in [6, 6.07) is 5.63. The molecule has 0 saturated heterocycles. The third-order valence-corrected chi connectivity index (χ3v) is 5.64. The van der Waals surface area contributed by atoms with E-state index in [1.54, 1.807) is 6.07 Å². The molecule has 0 spiro atoms. The maximum Gasteiger partial charge on any atom is 0.166 e. The zero-order chi connectivity index (χ0) is 19.9. The Morgan fingerprint density at radius 1 is 0.852 bits per heavy atom. The summed E-state index contributed by atoms with van der Waals surface area (Å²) < 4.78 is 0. The largest absolute Gasteiger partial charge is 0.507 e. The lowest BCUT2D eigenvalue weighted by atomic mass is 9.91. The molecule has 154 valence electrons. The lowest BCUT2D eigenvalue weighted by Gasteiger charge is -2.14. The second-order valence-corrected chi connectivity index (χ2v) is 8.18. The van der Waals surface area contributed by atoms with Crippen molar-refractivity contribution in [2.45, 2.75) is 117 Å². The number of rotatable bonds is 16. The Labute approximate surface area is 167 Å². The van der Waals surface area contributed by atoms with Crippen molar-refractivity contribution >= 4 is 5.78 Å². The first kappa shape index (κ1) is 23.7. The molecule has 1 aromatic carbocycles. The summed E-state index contributed by atoms with van der Waals surface area (Å²) in [5, 5.41) is 10.1. The molecule has 0 radical (unpaired) electrons. The SMILES string of the molecule is CCCCCCCCCC(=O)c1cc(C(C)CCCCCCC)ccc1O. The zero-order valence-electron chi connectivity index (χ0n) is 18.1. The highest BCUT2D eigenvalue weighted by atomic mass is 16.3. The monoisotopic (exact) mass is 374 g/mol. The second kappa shape index (κ2) is 14.7. The van der Waals surface area contributed by atoms with E-state index in [-0.39, 0.29) is 11.5 Å². The molecule has 1 rings (SSSR count). The van der Waals surface area contributed by atoms with Crippen LogP contribution in [0.5, 0.6) is 5.75 Å². The maximum atomic E-state index is 12.5. The minimum Gasteiger partial charge on any atom is -0.507 e. The Hall–Kier alpha value is -1.31. The lowest BCUT2D eigenvalue weighted by Crippen LogP contribution is -2.02. The second-order valence-electron chi connectivity index (χ2n) is 8.18. The Morgan fingerprint density at radius 3 is 2.04 bits per heavy atom. The van der Waals surface area contributed by atoms with Gasteiger partial charge in [-0.1, -0.05) is 97.5 Å². The van der Waals surface area contributed by atoms with Crippen LogP contribution in [0.15, 0.2) is 18.2 Å². The molecule has 0 aromatic heterocycles. The fraction of sp³-hybridized carbons (Fsp3) is 0.720. The molecule has 1 N–H and O–H groups in total. The van der Waals surface area contributed by atoms with Crippen molar-refractivity contribution < 1.29 is 9.90 Å². The van der Waals surface area contributed by atoms with Crippen molar-refractivity contribution in [3.8, 4) is 5.75 Å². The smallest absolute Gasteiger partial charge is 0.166 e. The lowest BCUT2D eigenvalue weighted by molar-refractivity contribution is 0.0976. The molecule has 0 aliphatic heterocycles. The number of unbranched alkanes of at least 4 members (excludes halogenated alkanes) is 10. The molecule has 1 atom stereocenters. The number of phenolic OH excluding ortho intramolecular Hbond substituents is 1. The van der Waals surface area contributed by atoms with E-state index in [1.165, 1.54) is 69.8 Å². The third kappa shape index (κ3) is 9.98. The predicted octanol–water partition coefficient (Wildman–Crippen LogP) is 8.18. The molecule has 0 saturated carbocycles. The van der Waals surface area contributed by atoms with Crippen LogP contribution in [-0.2, 0) is 0 Å². The highest BCUT2D eigenvalue weighted by Crippen LogP contribution is 2.28. The van der Waals surface area contributed by atoms with Crippen LogP contribution in [0.3, 0.4) is 0 Å². The summed E-state index contributed by atoms with van der Waals surface area (Å²) in [6.45, 7) is 6.70. The minimum absolute atomic E-state index is 0.0954. The van der Waals surface area contributed by atoms with E-state index in [1.807, 2.05) is 12.1 Å². The summed E-state index contributed by atoms with van der Waals surface area (Å²) in [5.41, 5.74) is 1.71. The van der Waals surface area contributed by atoms with Crippen LogP contribution >= 0.6 is 0 Å². The fourth-order valence-electron chi connectivity index (χ4n) is 3.68. The van der Waals surface area contributed by atoms with E-state index in [4.69, 9.17) is 0 Å². The molecule has 0 aliphatic carbocycles. The van der Waals surface area contributed by atoms with Gasteiger partial charge in [-0.15, -0.1) is 0 Å². The van der Waals surface area contributed by atoms with Crippen LogP contribution < -0.4 is 0 Å². The normalized spacial score (nSPS) is 12.3. The summed E-state index contributed by atoms with van der Waals surface area (Å²) in [5.74, 6) is 0.678. The first-order valence-electron chi connectivity index (χ1n) is 11.5. The predicted molar refractivity (Wildman–Crippen MR) is 117 cm³/mol. The van der Waals surface area contributed by atoms with Gasteiger partial charge < -0.3 is 5.11 Å². The molecule has 0 aliphatic rings. The van der Waals surface area contributed by atoms with Gasteiger partial charge in [0.2, 0.25) is 0 Å². The minimum atomic E-state index is 0.0954. The van der Waals surface area contributed by atoms with E-state index in [0.29, 0.717) is 17.9 Å². The van der Waals surface area contributed by atoms with Gasteiger partial charge in [-0.25, -0.2) is 0 Å². The summed E-state index contributed by atoms with van der Waals surface area (Å²) in [6.07, 6.45) is 16.6. The van der Waals surface area contributed by atoms with Gasteiger partial charge in [0.05, 0.1) is 5.56 Å². The van der Waals surface area contributed by atoms with Crippen LogP contribution in [0, 0.1) is 0 Å². The van der Waals surface area contributed by atoms with Gasteiger partial charge in [0.1, 0.15) is 5.75 Å². The topological polar surface area (TPSA) is 37.3 Å². The highest BCUT2D eigenvalue weighted by molar-refractivity contribution is 5.98. The van der Waals surface area contributed by atoms with Crippen LogP contribution in [0.4, 0.5) is 0 Å². The van der Waals surface area contributed by atoms with Crippen molar-refractivity contribution in [2.24, 2.45) is 0 Å². The van der Waals surface area contributed by atoms with Gasteiger partial charge in [-0.3, -0.25) is 4.79 Å². The van der Waals surface area contributed by atoms with Crippen LogP contribution in [0.1, 0.15) is 133 Å². The number of hydrogen-bond acceptors (Lipinski definition) is 2. The van der Waals surface area contributed by atoms with Crippen molar-refractivity contribution in [3.63, 3.8) is 0 Å². The van der Waals surface area contributed by atoms with Crippen molar-refractivity contribution in [1.29, 1.82) is 0 Å². The molecule has 2 heteroatoms. The first-order valence-corrected chi connectivity index (χ1v) is 11.5. The van der Waals surface area contributed by atoms with Gasteiger partial charge in [0.15, 0.2) is 5.78 Å². The quantitative estimate of drug-likeness (QED) is 0.234. The molecule has 0 heterocycles. The molecular formula is C25H42O2. The summed E-state index contributed by atoms with van der Waals surface area (Å²) >= 11 is 0. The van der Waals surface area contributed by atoms with Gasteiger partial charge in [0, 0.05) is 6.42 Å². The van der Waals surface area contributed by atoms with Gasteiger partial charge in [-0.05, 0) is 36.5 Å². The summed E-state index contributed by atoms with van der Waals surface area (Å²) in [4.78, 5) is 12.5. The average molecular weight is 375 g/mol. The molecule has 0 bridgehead atoms. The van der Waals surface area contributed by atoms with Crippen LogP contribution in [-0.4, -0.2) is 10.9 Å². The van der Waals surface area contributed by atoms with Gasteiger partial charge in [-0.2, -0.15) is 0 Å². The number of ketones is 1. The Bertz CT molecular complexity index is 521. The van der Waals surface area contributed by atoms with Gasteiger partial charge >= 0.3 is 0 Å². The van der Waals surface area contributed by atoms with Crippen molar-refractivity contribution in [1.82, 2.24) is 0 Å². The van der Waals surface area contributed by atoms with E-state index in [2.05, 4.69) is 20.8 Å². The average Bonchev–Trinajstić information content (AvgIpc) is 2.67. The zero-order valence-corrected chi connectivity index (χ0v) is 18.1. The first-order chi connectivity index (χ1) is 13.1. The van der Waals surface area contributed by atoms with Crippen molar-refractivity contribution in [3.05, 3.63) is 29.3 Å². The van der Waals surface area contributed by atoms with Gasteiger partial charge in [0.25, 0.3) is 0 Å². The number of hydrogen-bond donors (Lipinski definition) is 1. The van der Waals surface area contributed by atoms with E-state index >= 15 is 0 Å². The maximum absolute atomic E-state index is 12.5. The highest BCUT2D eigenvalue weighted by Gasteiger charge is 2.14. The van der Waals surface area contributed by atoms with Crippen molar-refractivity contribution in [2.75, 3.05) is 0 Å². The number of aromatic hydroxyl groups is 1. The number of carbonyl (C=O) groups is 1. The number of carbonyl (C=O) groups excluding carboxylic acids is 1. The summed E-state index contributed by atoms with van der Waals surface area (Å²) in [7, 11) is 0. The third-order valence-electron chi connectivity index (χ3n) is 5.64. The molecular weight excluding hydrogens is 332 g/mol. The molecule has 0 fully saturated rings. The Kier molecular flexibility index (Phi) is 12.9. The molecule has 2 nitrogen and oxygen atoms in total. The molecule has 1 unspecified atom stereocenters. The Balaban J connectivity index is 2.43. The number of phenols is 1. The fourth-order valence-corrected chi connectivity index (χ4v) is 3.68. The molecule has 0 amide bonds. The molecule has 1 aromatic rings. The number of Topliss-reactive ketones (excluding diaryl/α,β-unsaturated/α-hetero) is 1. The van der Waals surface area contributed by atoms with Crippen LogP contribution in [0.25, 0.3) is 0 Å². The van der Waals surface area contributed by atoms with Crippen LogP contribution in [0.2, 0.25) is 0 Å². The van der Waals surface area contributed by atoms with E-state index < -0.39 is 0 Å². The van der Waals surface area contributed by atoms with E-state index in [9.17, 15) is 9.90 Å². The number of benzene rings is 1.